The quantitative estimate of drug-likeness (QED) is 0.732. The number of hydrogen-bond donors (Lipinski definition) is 1. The van der Waals surface area contributed by atoms with Gasteiger partial charge < -0.3 is 5.73 Å². The Morgan fingerprint density at radius 2 is 1.81 bits per heavy atom. The summed E-state index contributed by atoms with van der Waals surface area (Å²) in [7, 11) is 0. The van der Waals surface area contributed by atoms with Crippen LogP contribution < -0.4 is 5.73 Å². The summed E-state index contributed by atoms with van der Waals surface area (Å²) in [6, 6.07) is 12.0. The van der Waals surface area contributed by atoms with Crippen molar-refractivity contribution in [2.24, 2.45) is 0 Å². The molecular formula is C14H14ClN. The minimum absolute atomic E-state index is 0.791. The smallest absolute Gasteiger partial charge is 0.0441 e. The molecule has 0 atom stereocenters. The van der Waals surface area contributed by atoms with Crippen LogP contribution in [0.1, 0.15) is 11.1 Å². The fraction of sp³-hybridized carbons (Fsp3) is 0.143. The van der Waals surface area contributed by atoms with Crippen LogP contribution in [-0.2, 0) is 0 Å². The Balaban J connectivity index is 2.59. The zero-order valence-corrected chi connectivity index (χ0v) is 10.2. The molecule has 0 aliphatic rings. The Morgan fingerprint density at radius 1 is 1.06 bits per heavy atom. The van der Waals surface area contributed by atoms with Crippen molar-refractivity contribution in [3.63, 3.8) is 0 Å². The van der Waals surface area contributed by atoms with Crippen LogP contribution in [0.2, 0.25) is 5.02 Å². The lowest BCUT2D eigenvalue weighted by atomic mass is 9.98. The third kappa shape index (κ3) is 1.91. The fourth-order valence-electron chi connectivity index (χ4n) is 1.73. The highest BCUT2D eigenvalue weighted by Crippen LogP contribution is 2.29. The third-order valence-electron chi connectivity index (χ3n) is 2.86. The van der Waals surface area contributed by atoms with Gasteiger partial charge in [-0.2, -0.15) is 0 Å². The molecule has 82 valence electrons. The molecule has 0 saturated carbocycles. The molecule has 2 heteroatoms. The molecule has 16 heavy (non-hydrogen) atoms. The van der Waals surface area contributed by atoms with E-state index in [1.165, 1.54) is 0 Å². The van der Waals surface area contributed by atoms with Crippen molar-refractivity contribution in [1.82, 2.24) is 0 Å². The first-order chi connectivity index (χ1) is 7.59. The fourth-order valence-corrected chi connectivity index (χ4v) is 1.91. The summed E-state index contributed by atoms with van der Waals surface area (Å²) in [5, 5.41) is 0.791. The maximum atomic E-state index is 6.12. The average Bonchev–Trinajstić information content (AvgIpc) is 2.26. The molecule has 2 aromatic carbocycles. The SMILES string of the molecule is Cc1ccc(-c2cccc(N)c2C)cc1Cl. The Morgan fingerprint density at radius 3 is 2.50 bits per heavy atom. The van der Waals surface area contributed by atoms with Crippen LogP contribution >= 0.6 is 11.6 Å². The van der Waals surface area contributed by atoms with E-state index in [4.69, 9.17) is 17.3 Å². The average molecular weight is 232 g/mol. The minimum Gasteiger partial charge on any atom is -0.398 e. The molecule has 0 unspecified atom stereocenters. The van der Waals surface area contributed by atoms with E-state index in [1.54, 1.807) is 0 Å². The molecule has 0 fully saturated rings. The van der Waals surface area contributed by atoms with Gasteiger partial charge in [0.15, 0.2) is 0 Å². The standard InChI is InChI=1S/C14H14ClN/c1-9-6-7-11(8-13(9)15)12-4-3-5-14(16)10(12)2/h3-8H,16H2,1-2H3. The molecule has 0 amide bonds. The zero-order chi connectivity index (χ0) is 11.7. The van der Waals surface area contributed by atoms with Crippen molar-refractivity contribution in [3.8, 4) is 11.1 Å². The Kier molecular flexibility index (Phi) is 2.88. The minimum atomic E-state index is 0.791. The largest absolute Gasteiger partial charge is 0.398 e. The monoisotopic (exact) mass is 231 g/mol. The summed E-state index contributed by atoms with van der Waals surface area (Å²) in [5.41, 5.74) is 11.1. The number of anilines is 1. The van der Waals surface area contributed by atoms with Crippen molar-refractivity contribution >= 4 is 17.3 Å². The first-order valence-electron chi connectivity index (χ1n) is 5.21. The van der Waals surface area contributed by atoms with Crippen LogP contribution in [-0.4, -0.2) is 0 Å². The molecule has 2 rings (SSSR count). The molecule has 0 bridgehead atoms. The van der Waals surface area contributed by atoms with E-state index < -0.39 is 0 Å². The van der Waals surface area contributed by atoms with Gasteiger partial charge >= 0.3 is 0 Å². The lowest BCUT2D eigenvalue weighted by Crippen LogP contribution is -1.92. The van der Waals surface area contributed by atoms with Gasteiger partial charge in [0.1, 0.15) is 0 Å². The zero-order valence-electron chi connectivity index (χ0n) is 9.42. The molecular weight excluding hydrogens is 218 g/mol. The van der Waals surface area contributed by atoms with Gasteiger partial charge in [-0.1, -0.05) is 35.9 Å². The lowest BCUT2D eigenvalue weighted by Gasteiger charge is -2.09. The highest BCUT2D eigenvalue weighted by molar-refractivity contribution is 6.31. The summed E-state index contributed by atoms with van der Waals surface area (Å²) >= 11 is 6.12. The molecule has 1 nitrogen and oxygen atoms in total. The van der Waals surface area contributed by atoms with Crippen LogP contribution in [0.25, 0.3) is 11.1 Å². The van der Waals surface area contributed by atoms with E-state index in [9.17, 15) is 0 Å². The second-order valence-corrected chi connectivity index (χ2v) is 4.39. The highest BCUT2D eigenvalue weighted by atomic mass is 35.5. The van der Waals surface area contributed by atoms with Crippen LogP contribution in [0.4, 0.5) is 5.69 Å². The van der Waals surface area contributed by atoms with Crippen LogP contribution in [0.3, 0.4) is 0 Å². The predicted molar refractivity (Wildman–Crippen MR) is 70.8 cm³/mol. The van der Waals surface area contributed by atoms with E-state index >= 15 is 0 Å². The highest BCUT2D eigenvalue weighted by Gasteiger charge is 2.05. The van der Waals surface area contributed by atoms with Gasteiger partial charge in [0.2, 0.25) is 0 Å². The number of nitrogen functional groups attached to an aromatic ring is 1. The van der Waals surface area contributed by atoms with Gasteiger partial charge in [0.05, 0.1) is 0 Å². The van der Waals surface area contributed by atoms with Gasteiger partial charge in [0.25, 0.3) is 0 Å². The molecule has 0 saturated heterocycles. The van der Waals surface area contributed by atoms with Crippen molar-refractivity contribution in [2.45, 2.75) is 13.8 Å². The molecule has 0 spiro atoms. The Hall–Kier alpha value is -1.47. The number of aryl methyl sites for hydroxylation is 1. The van der Waals surface area contributed by atoms with E-state index in [1.807, 2.05) is 38.1 Å². The molecule has 2 aromatic rings. The molecule has 2 N–H and O–H groups in total. The lowest BCUT2D eigenvalue weighted by molar-refractivity contribution is 1.43. The van der Waals surface area contributed by atoms with E-state index in [0.29, 0.717) is 0 Å². The second-order valence-electron chi connectivity index (χ2n) is 3.98. The Bertz CT molecular complexity index is 532. The number of rotatable bonds is 1. The van der Waals surface area contributed by atoms with E-state index in [0.717, 1.165) is 33.0 Å². The number of benzene rings is 2. The predicted octanol–water partition coefficient (Wildman–Crippen LogP) is 4.21. The van der Waals surface area contributed by atoms with E-state index in [-0.39, 0.29) is 0 Å². The molecule has 0 aliphatic carbocycles. The van der Waals surface area contributed by atoms with Gasteiger partial charge in [-0.05, 0) is 48.2 Å². The topological polar surface area (TPSA) is 26.0 Å². The van der Waals surface area contributed by atoms with Gasteiger partial charge in [-0.25, -0.2) is 0 Å². The van der Waals surface area contributed by atoms with Crippen LogP contribution in [0, 0.1) is 13.8 Å². The molecule has 0 radical (unpaired) electrons. The number of nitrogens with two attached hydrogens (primary N) is 1. The third-order valence-corrected chi connectivity index (χ3v) is 3.27. The summed E-state index contributed by atoms with van der Waals surface area (Å²) in [6.07, 6.45) is 0. The summed E-state index contributed by atoms with van der Waals surface area (Å²) < 4.78 is 0. The first kappa shape index (κ1) is 11.0. The maximum Gasteiger partial charge on any atom is 0.0441 e. The van der Waals surface area contributed by atoms with Gasteiger partial charge in [-0.3, -0.25) is 0 Å². The molecule has 0 heterocycles. The first-order valence-corrected chi connectivity index (χ1v) is 5.59. The summed E-state index contributed by atoms with van der Waals surface area (Å²) in [4.78, 5) is 0. The Labute approximate surface area is 101 Å². The van der Waals surface area contributed by atoms with Crippen molar-refractivity contribution in [1.29, 1.82) is 0 Å². The van der Waals surface area contributed by atoms with E-state index in [2.05, 4.69) is 12.1 Å². The molecule has 0 aliphatic heterocycles. The normalized spacial score (nSPS) is 10.4. The van der Waals surface area contributed by atoms with Crippen LogP contribution in [0.5, 0.6) is 0 Å². The number of halogens is 1. The van der Waals surface area contributed by atoms with Crippen LogP contribution in [0.15, 0.2) is 36.4 Å². The maximum absolute atomic E-state index is 6.12. The summed E-state index contributed by atoms with van der Waals surface area (Å²) in [5.74, 6) is 0. The number of hydrogen-bond acceptors (Lipinski definition) is 1. The van der Waals surface area contributed by atoms with Crippen molar-refractivity contribution in [2.75, 3.05) is 5.73 Å². The van der Waals surface area contributed by atoms with Crippen molar-refractivity contribution < 1.29 is 0 Å². The second kappa shape index (κ2) is 4.18. The van der Waals surface area contributed by atoms with Gasteiger partial charge in [-0.15, -0.1) is 0 Å². The van der Waals surface area contributed by atoms with Crippen molar-refractivity contribution in [3.05, 3.63) is 52.5 Å². The molecule has 0 aromatic heterocycles. The van der Waals surface area contributed by atoms with Gasteiger partial charge in [0, 0.05) is 10.7 Å². The summed E-state index contributed by atoms with van der Waals surface area (Å²) in [6.45, 7) is 4.02.